The number of methoxy groups -OCH3 is 1. The van der Waals surface area contributed by atoms with Crippen molar-refractivity contribution in [1.29, 1.82) is 0 Å². The molecule has 1 aromatic heterocycles. The van der Waals surface area contributed by atoms with E-state index in [-0.39, 0.29) is 22.0 Å². The van der Waals surface area contributed by atoms with Crippen molar-refractivity contribution in [1.82, 2.24) is 4.98 Å². The minimum absolute atomic E-state index is 0.0685. The van der Waals surface area contributed by atoms with Gasteiger partial charge in [0.05, 0.1) is 29.6 Å². The molecule has 0 amide bonds. The number of nitro benzene ring substituents is 1. The van der Waals surface area contributed by atoms with Gasteiger partial charge in [-0.1, -0.05) is 48.5 Å². The van der Waals surface area contributed by atoms with E-state index < -0.39 is 14.9 Å². The van der Waals surface area contributed by atoms with E-state index in [1.54, 1.807) is 18.3 Å². The SMILES string of the molecule is COc1ccc(NS(=O)(=O)c2cc([N+](=O)[O-])ccc2N/N=C/c2c(-c3ccccc3)[nH]c3ccccc23)cc1. The van der Waals surface area contributed by atoms with E-state index in [4.69, 9.17) is 4.74 Å². The first-order valence-electron chi connectivity index (χ1n) is 11.8. The molecule has 1 heterocycles. The van der Waals surface area contributed by atoms with Crippen LogP contribution in [0.15, 0.2) is 107 Å². The summed E-state index contributed by atoms with van der Waals surface area (Å²) in [5.74, 6) is 0.553. The molecule has 0 aliphatic rings. The summed E-state index contributed by atoms with van der Waals surface area (Å²) in [6.45, 7) is 0. The smallest absolute Gasteiger partial charge is 0.270 e. The van der Waals surface area contributed by atoms with E-state index in [1.165, 1.54) is 31.4 Å². The highest BCUT2D eigenvalue weighted by molar-refractivity contribution is 7.92. The van der Waals surface area contributed by atoms with Gasteiger partial charge in [0.25, 0.3) is 15.7 Å². The van der Waals surface area contributed by atoms with Crippen LogP contribution in [-0.4, -0.2) is 31.6 Å². The van der Waals surface area contributed by atoms with Crippen LogP contribution in [0.5, 0.6) is 5.75 Å². The Morgan fingerprint density at radius 1 is 0.949 bits per heavy atom. The fraction of sp³-hybridized carbons (Fsp3) is 0.0357. The number of rotatable bonds is 9. The van der Waals surface area contributed by atoms with Crippen molar-refractivity contribution >= 4 is 44.2 Å². The molecule has 3 N–H and O–H groups in total. The Bertz CT molecular complexity index is 1780. The van der Waals surface area contributed by atoms with E-state index in [9.17, 15) is 18.5 Å². The molecular weight excluding hydrogens is 518 g/mol. The Labute approximate surface area is 224 Å². The zero-order chi connectivity index (χ0) is 27.4. The van der Waals surface area contributed by atoms with Crippen LogP contribution < -0.4 is 14.9 Å². The summed E-state index contributed by atoms with van der Waals surface area (Å²) < 4.78 is 34.1. The highest BCUT2D eigenvalue weighted by Gasteiger charge is 2.23. The lowest BCUT2D eigenvalue weighted by molar-refractivity contribution is -0.385. The van der Waals surface area contributed by atoms with E-state index in [0.717, 1.165) is 33.8 Å². The predicted molar refractivity (Wildman–Crippen MR) is 152 cm³/mol. The Morgan fingerprint density at radius 3 is 2.38 bits per heavy atom. The van der Waals surface area contributed by atoms with Gasteiger partial charge >= 0.3 is 0 Å². The van der Waals surface area contributed by atoms with Gasteiger partial charge in [0.2, 0.25) is 0 Å². The number of non-ortho nitro benzene ring substituents is 1. The Morgan fingerprint density at radius 2 is 1.67 bits per heavy atom. The molecule has 0 bridgehead atoms. The summed E-state index contributed by atoms with van der Waals surface area (Å²) in [5.41, 5.74) is 6.25. The second kappa shape index (κ2) is 10.7. The van der Waals surface area contributed by atoms with Crippen molar-refractivity contribution in [2.45, 2.75) is 4.90 Å². The van der Waals surface area contributed by atoms with E-state index in [1.807, 2.05) is 54.6 Å². The van der Waals surface area contributed by atoms with Gasteiger partial charge in [0, 0.05) is 34.3 Å². The maximum atomic E-state index is 13.3. The Balaban J connectivity index is 1.50. The molecule has 0 aliphatic carbocycles. The molecule has 39 heavy (non-hydrogen) atoms. The fourth-order valence-electron chi connectivity index (χ4n) is 4.11. The molecule has 0 aliphatic heterocycles. The number of benzene rings is 4. The largest absolute Gasteiger partial charge is 0.497 e. The minimum atomic E-state index is -4.23. The van der Waals surface area contributed by atoms with Crippen LogP contribution in [0.2, 0.25) is 0 Å². The van der Waals surface area contributed by atoms with Gasteiger partial charge in [-0.3, -0.25) is 20.3 Å². The maximum Gasteiger partial charge on any atom is 0.270 e. The number of hydrazone groups is 1. The van der Waals surface area contributed by atoms with Crippen LogP contribution in [0.25, 0.3) is 22.2 Å². The summed E-state index contributed by atoms with van der Waals surface area (Å²) in [6.07, 6.45) is 1.59. The molecule has 4 aromatic carbocycles. The number of aromatic nitrogens is 1. The molecule has 5 rings (SSSR count). The molecule has 0 fully saturated rings. The quantitative estimate of drug-likeness (QED) is 0.119. The fourth-order valence-corrected chi connectivity index (χ4v) is 5.34. The summed E-state index contributed by atoms with van der Waals surface area (Å²) >= 11 is 0. The van der Waals surface area contributed by atoms with Crippen molar-refractivity contribution in [3.63, 3.8) is 0 Å². The zero-order valence-electron chi connectivity index (χ0n) is 20.7. The van der Waals surface area contributed by atoms with Crippen molar-refractivity contribution in [2.75, 3.05) is 17.3 Å². The number of nitro groups is 1. The Kier molecular flexibility index (Phi) is 6.98. The van der Waals surface area contributed by atoms with Gasteiger partial charge in [-0.25, -0.2) is 8.42 Å². The molecule has 5 aromatic rings. The number of nitrogens with one attached hydrogen (secondary N) is 3. The number of anilines is 2. The second-order valence-electron chi connectivity index (χ2n) is 8.47. The number of para-hydroxylation sites is 1. The number of nitrogens with zero attached hydrogens (tertiary/aromatic N) is 2. The molecule has 0 saturated carbocycles. The third-order valence-electron chi connectivity index (χ3n) is 6.00. The number of hydrogen-bond acceptors (Lipinski definition) is 7. The molecule has 0 saturated heterocycles. The van der Waals surface area contributed by atoms with Gasteiger partial charge in [-0.2, -0.15) is 5.10 Å². The maximum absolute atomic E-state index is 13.3. The molecular formula is C28H23N5O5S. The van der Waals surface area contributed by atoms with Gasteiger partial charge in [0.1, 0.15) is 10.6 Å². The molecule has 0 unspecified atom stereocenters. The minimum Gasteiger partial charge on any atom is -0.497 e. The van der Waals surface area contributed by atoms with Crippen molar-refractivity contribution in [3.8, 4) is 17.0 Å². The lowest BCUT2D eigenvalue weighted by Gasteiger charge is -2.12. The van der Waals surface area contributed by atoms with E-state index >= 15 is 0 Å². The first kappa shape index (κ1) is 25.5. The molecule has 11 heteroatoms. The van der Waals surface area contributed by atoms with E-state index in [2.05, 4.69) is 20.2 Å². The normalized spacial score (nSPS) is 11.5. The molecule has 196 valence electrons. The Hall–Kier alpha value is -5.16. The number of sulfonamides is 1. The third-order valence-corrected chi connectivity index (χ3v) is 7.42. The second-order valence-corrected chi connectivity index (χ2v) is 10.1. The van der Waals surface area contributed by atoms with Gasteiger partial charge in [0.15, 0.2) is 0 Å². The topological polar surface area (TPSA) is 139 Å². The monoisotopic (exact) mass is 541 g/mol. The van der Waals surface area contributed by atoms with Crippen LogP contribution in [0.1, 0.15) is 5.56 Å². The number of H-pyrrole nitrogens is 1. The highest BCUT2D eigenvalue weighted by atomic mass is 32.2. The molecule has 0 spiro atoms. The van der Waals surface area contributed by atoms with Crippen molar-refractivity contribution in [2.24, 2.45) is 5.10 Å². The lowest BCUT2D eigenvalue weighted by Crippen LogP contribution is -2.15. The van der Waals surface area contributed by atoms with Crippen LogP contribution >= 0.6 is 0 Å². The first-order chi connectivity index (χ1) is 18.9. The molecule has 0 atom stereocenters. The third kappa shape index (κ3) is 5.43. The standard InChI is InChI=1S/C28H23N5O5S/c1-38-22-14-11-20(12-15-22)32-39(36,37)27-17-21(33(34)35)13-16-26(27)31-29-18-24-23-9-5-6-10-25(23)30-28(24)19-7-3-2-4-8-19/h2-18,30-32H,1H3/b29-18+. The van der Waals surface area contributed by atoms with Gasteiger partial charge in [-0.15, -0.1) is 0 Å². The molecule has 10 nitrogen and oxygen atoms in total. The molecule has 0 radical (unpaired) electrons. The van der Waals surface area contributed by atoms with Crippen LogP contribution in [0.3, 0.4) is 0 Å². The first-order valence-corrected chi connectivity index (χ1v) is 13.2. The number of hydrogen-bond donors (Lipinski definition) is 3. The van der Waals surface area contributed by atoms with Gasteiger partial charge < -0.3 is 9.72 Å². The lowest BCUT2D eigenvalue weighted by atomic mass is 10.1. The summed E-state index contributed by atoms with van der Waals surface area (Å²) in [5, 5.41) is 16.7. The van der Waals surface area contributed by atoms with E-state index in [0.29, 0.717) is 5.75 Å². The summed E-state index contributed by atoms with van der Waals surface area (Å²) in [7, 11) is -2.73. The number of aromatic amines is 1. The zero-order valence-corrected chi connectivity index (χ0v) is 21.5. The van der Waals surface area contributed by atoms with Crippen LogP contribution in [0, 0.1) is 10.1 Å². The van der Waals surface area contributed by atoms with Crippen LogP contribution in [0.4, 0.5) is 17.1 Å². The highest BCUT2D eigenvalue weighted by Crippen LogP contribution is 2.31. The van der Waals surface area contributed by atoms with Crippen molar-refractivity contribution in [3.05, 3.63) is 113 Å². The number of ether oxygens (including phenoxy) is 1. The van der Waals surface area contributed by atoms with Gasteiger partial charge in [-0.05, 0) is 42.0 Å². The predicted octanol–water partition coefficient (Wildman–Crippen LogP) is 6.00. The number of fused-ring (bicyclic) bond motifs is 1. The average molecular weight is 542 g/mol. The average Bonchev–Trinajstić information content (AvgIpc) is 3.32. The van der Waals surface area contributed by atoms with Crippen molar-refractivity contribution < 1.29 is 18.1 Å². The summed E-state index contributed by atoms with van der Waals surface area (Å²) in [6, 6.07) is 27.3. The summed E-state index contributed by atoms with van der Waals surface area (Å²) in [4.78, 5) is 13.8. The van der Waals surface area contributed by atoms with Crippen LogP contribution in [-0.2, 0) is 10.0 Å².